The third kappa shape index (κ3) is 19.2. The topological polar surface area (TPSA) is 43.1 Å². The molecule has 0 radical (unpaired) electrons. The van der Waals surface area contributed by atoms with Crippen LogP contribution in [0.5, 0.6) is 0 Å². The normalized spacial score (nSPS) is 11.3. The van der Waals surface area contributed by atoms with Crippen LogP contribution >= 0.6 is 0 Å². The third-order valence-electron chi connectivity index (χ3n) is 4.18. The van der Waals surface area contributed by atoms with Crippen LogP contribution in [0, 0.1) is 0 Å². The van der Waals surface area contributed by atoms with E-state index in [1.54, 1.807) is 0 Å². The van der Waals surface area contributed by atoms with E-state index >= 15 is 0 Å². The Morgan fingerprint density at radius 1 is 0.682 bits per heavy atom. The highest BCUT2D eigenvalue weighted by atomic mass is 16.1. The lowest BCUT2D eigenvalue weighted by Gasteiger charge is -2.00. The molecular formula is C20H39NO. The monoisotopic (exact) mass is 309 g/mol. The Hall–Kier alpha value is -0.790. The van der Waals surface area contributed by atoms with E-state index in [0.717, 1.165) is 12.8 Å². The van der Waals surface area contributed by atoms with Gasteiger partial charge in [-0.15, -0.1) is 0 Å². The molecule has 2 nitrogen and oxygen atoms in total. The second-order valence-corrected chi connectivity index (χ2v) is 6.51. The molecule has 0 aliphatic rings. The SMILES string of the molecule is CCCCCCCC/C=C/CCCCCCCCCC(N)=O. The molecule has 0 unspecified atom stereocenters. The highest BCUT2D eigenvalue weighted by molar-refractivity contribution is 5.73. The van der Waals surface area contributed by atoms with E-state index < -0.39 is 0 Å². The Kier molecular flexibility index (Phi) is 17.6. The van der Waals surface area contributed by atoms with Crippen LogP contribution < -0.4 is 5.73 Å². The summed E-state index contributed by atoms with van der Waals surface area (Å²) in [6.45, 7) is 2.27. The van der Waals surface area contributed by atoms with Crippen molar-refractivity contribution in [1.29, 1.82) is 0 Å². The first-order valence-corrected chi connectivity index (χ1v) is 9.70. The molecule has 0 heterocycles. The maximum absolute atomic E-state index is 10.6. The summed E-state index contributed by atoms with van der Waals surface area (Å²) in [7, 11) is 0. The third-order valence-corrected chi connectivity index (χ3v) is 4.18. The average Bonchev–Trinajstić information content (AvgIpc) is 2.50. The number of allylic oxidation sites excluding steroid dienone is 2. The molecule has 0 saturated carbocycles. The van der Waals surface area contributed by atoms with E-state index in [1.165, 1.54) is 83.5 Å². The van der Waals surface area contributed by atoms with Gasteiger partial charge in [-0.25, -0.2) is 0 Å². The number of amides is 1. The van der Waals surface area contributed by atoms with Gasteiger partial charge in [0.25, 0.3) is 0 Å². The van der Waals surface area contributed by atoms with Crippen molar-refractivity contribution in [2.45, 2.75) is 110 Å². The van der Waals surface area contributed by atoms with Crippen molar-refractivity contribution >= 4 is 5.91 Å². The summed E-state index contributed by atoms with van der Waals surface area (Å²) < 4.78 is 0. The smallest absolute Gasteiger partial charge is 0.217 e. The van der Waals surface area contributed by atoms with E-state index in [2.05, 4.69) is 19.1 Å². The first kappa shape index (κ1) is 21.2. The first-order valence-electron chi connectivity index (χ1n) is 9.70. The summed E-state index contributed by atoms with van der Waals surface area (Å²) in [5.74, 6) is -0.159. The van der Waals surface area contributed by atoms with Crippen molar-refractivity contribution < 1.29 is 4.79 Å². The molecule has 0 fully saturated rings. The maximum Gasteiger partial charge on any atom is 0.217 e. The lowest BCUT2D eigenvalue weighted by molar-refractivity contribution is -0.118. The van der Waals surface area contributed by atoms with Gasteiger partial charge in [0.15, 0.2) is 0 Å². The summed E-state index contributed by atoms with van der Waals surface area (Å²) in [6, 6.07) is 0. The quantitative estimate of drug-likeness (QED) is 0.249. The maximum atomic E-state index is 10.6. The molecule has 0 spiro atoms. The lowest BCUT2D eigenvalue weighted by atomic mass is 10.1. The van der Waals surface area contributed by atoms with Crippen LogP contribution in [0.4, 0.5) is 0 Å². The molecule has 0 saturated heterocycles. The molecule has 0 aliphatic carbocycles. The molecule has 2 N–H and O–H groups in total. The van der Waals surface area contributed by atoms with Crippen LogP contribution in [0.15, 0.2) is 12.2 Å². The zero-order chi connectivity index (χ0) is 16.3. The van der Waals surface area contributed by atoms with Gasteiger partial charge in [-0.1, -0.05) is 83.3 Å². The summed E-state index contributed by atoms with van der Waals surface area (Å²) in [4.78, 5) is 10.6. The number of unbranched alkanes of at least 4 members (excludes halogenated alkanes) is 13. The largest absolute Gasteiger partial charge is 0.370 e. The fourth-order valence-corrected chi connectivity index (χ4v) is 2.72. The van der Waals surface area contributed by atoms with Crippen LogP contribution in [0.1, 0.15) is 110 Å². The number of carbonyl (C=O) groups excluding carboxylic acids is 1. The Bertz CT molecular complexity index is 260. The molecule has 0 aliphatic heterocycles. The molecule has 0 bridgehead atoms. The molecule has 0 aromatic carbocycles. The second-order valence-electron chi connectivity index (χ2n) is 6.51. The summed E-state index contributed by atoms with van der Waals surface area (Å²) in [5, 5.41) is 0. The average molecular weight is 310 g/mol. The highest BCUT2D eigenvalue weighted by Gasteiger charge is 1.95. The predicted molar refractivity (Wildman–Crippen MR) is 97.9 cm³/mol. The lowest BCUT2D eigenvalue weighted by Crippen LogP contribution is -2.09. The van der Waals surface area contributed by atoms with E-state index in [4.69, 9.17) is 5.73 Å². The molecule has 0 aromatic rings. The minimum atomic E-state index is -0.159. The number of hydrogen-bond acceptors (Lipinski definition) is 1. The molecule has 22 heavy (non-hydrogen) atoms. The number of primary amides is 1. The van der Waals surface area contributed by atoms with Gasteiger partial charge in [0.05, 0.1) is 0 Å². The van der Waals surface area contributed by atoms with Gasteiger partial charge in [-0.05, 0) is 32.1 Å². The molecule has 130 valence electrons. The number of hydrogen-bond donors (Lipinski definition) is 1. The fourth-order valence-electron chi connectivity index (χ4n) is 2.72. The van der Waals surface area contributed by atoms with Gasteiger partial charge in [-0.2, -0.15) is 0 Å². The zero-order valence-electron chi connectivity index (χ0n) is 15.0. The van der Waals surface area contributed by atoms with Gasteiger partial charge in [0, 0.05) is 6.42 Å². The van der Waals surface area contributed by atoms with Crippen LogP contribution in [0.3, 0.4) is 0 Å². The minimum absolute atomic E-state index is 0.159. The number of nitrogens with two attached hydrogens (primary N) is 1. The zero-order valence-corrected chi connectivity index (χ0v) is 15.0. The molecule has 0 atom stereocenters. The first-order chi connectivity index (χ1) is 10.8. The van der Waals surface area contributed by atoms with Crippen molar-refractivity contribution in [3.8, 4) is 0 Å². The van der Waals surface area contributed by atoms with Gasteiger partial charge < -0.3 is 5.73 Å². The molecule has 0 aromatic heterocycles. The molecule has 1 amide bonds. The highest BCUT2D eigenvalue weighted by Crippen LogP contribution is 2.11. The van der Waals surface area contributed by atoms with E-state index in [-0.39, 0.29) is 5.91 Å². The fraction of sp³-hybridized carbons (Fsp3) is 0.850. The summed E-state index contributed by atoms with van der Waals surface area (Å²) in [6.07, 6.45) is 24.9. The Balaban J connectivity index is 3.06. The Morgan fingerprint density at radius 2 is 1.09 bits per heavy atom. The van der Waals surface area contributed by atoms with Crippen LogP contribution in [-0.4, -0.2) is 5.91 Å². The number of rotatable bonds is 17. The van der Waals surface area contributed by atoms with Gasteiger partial charge in [0.2, 0.25) is 5.91 Å². The van der Waals surface area contributed by atoms with E-state index in [1.807, 2.05) is 0 Å². The molecule has 2 heteroatoms. The van der Waals surface area contributed by atoms with Gasteiger partial charge in [-0.3, -0.25) is 4.79 Å². The van der Waals surface area contributed by atoms with Crippen LogP contribution in [0.25, 0.3) is 0 Å². The van der Waals surface area contributed by atoms with Crippen molar-refractivity contribution in [3.63, 3.8) is 0 Å². The number of carbonyl (C=O) groups is 1. The van der Waals surface area contributed by atoms with E-state index in [9.17, 15) is 4.79 Å². The standard InChI is InChI=1S/C20H39NO/c1-2-3-4-5-6-7-8-9-10-11-12-13-14-15-16-17-18-19-20(21)22/h9-10H,2-8,11-19H2,1H3,(H2,21,22)/b10-9+. The second kappa shape index (κ2) is 18.3. The predicted octanol–water partition coefficient (Wildman–Crippen LogP) is 6.29. The van der Waals surface area contributed by atoms with Crippen LogP contribution in [-0.2, 0) is 4.79 Å². The Morgan fingerprint density at radius 3 is 1.55 bits per heavy atom. The van der Waals surface area contributed by atoms with Gasteiger partial charge >= 0.3 is 0 Å². The van der Waals surface area contributed by atoms with Crippen molar-refractivity contribution in [1.82, 2.24) is 0 Å². The minimum Gasteiger partial charge on any atom is -0.370 e. The molecule has 0 rings (SSSR count). The van der Waals surface area contributed by atoms with Crippen molar-refractivity contribution in [2.75, 3.05) is 0 Å². The van der Waals surface area contributed by atoms with E-state index in [0.29, 0.717) is 6.42 Å². The van der Waals surface area contributed by atoms with Crippen molar-refractivity contribution in [3.05, 3.63) is 12.2 Å². The van der Waals surface area contributed by atoms with Crippen molar-refractivity contribution in [2.24, 2.45) is 5.73 Å². The molecular weight excluding hydrogens is 270 g/mol. The Labute approximate surface area is 138 Å². The van der Waals surface area contributed by atoms with Crippen LogP contribution in [0.2, 0.25) is 0 Å². The summed E-state index contributed by atoms with van der Waals surface area (Å²) in [5.41, 5.74) is 5.11. The summed E-state index contributed by atoms with van der Waals surface area (Å²) >= 11 is 0. The van der Waals surface area contributed by atoms with Gasteiger partial charge in [0.1, 0.15) is 0 Å².